The number of hydrogen-bond acceptors (Lipinski definition) is 5. The maximum Gasteiger partial charge on any atom is 0.267 e. The first-order valence-corrected chi connectivity index (χ1v) is 10.6. The van der Waals surface area contributed by atoms with Crippen LogP contribution < -0.4 is 15.0 Å². The molecule has 0 saturated carbocycles. The van der Waals surface area contributed by atoms with E-state index < -0.39 is 10.0 Å². The van der Waals surface area contributed by atoms with E-state index in [2.05, 4.69) is 25.8 Å². The van der Waals surface area contributed by atoms with Gasteiger partial charge in [0.1, 0.15) is 10.6 Å². The van der Waals surface area contributed by atoms with E-state index in [1.54, 1.807) is 18.2 Å². The summed E-state index contributed by atoms with van der Waals surface area (Å²) >= 11 is 3.26. The van der Waals surface area contributed by atoms with Crippen LogP contribution in [-0.4, -0.2) is 31.9 Å². The molecule has 7 nitrogen and oxygen atoms in total. The minimum absolute atomic E-state index is 0.0418. The quantitative estimate of drug-likeness (QED) is 0.738. The number of aromatic nitrogens is 2. The fraction of sp³-hybridized carbons (Fsp3) is 0.412. The number of methoxy groups -OCH3 is 1. The summed E-state index contributed by atoms with van der Waals surface area (Å²) in [7, 11) is -2.36. The number of hydrogen-bond donors (Lipinski definition) is 1. The zero-order valence-electron chi connectivity index (χ0n) is 14.4. The van der Waals surface area contributed by atoms with Crippen LogP contribution in [-0.2, 0) is 29.4 Å². The molecule has 1 aliphatic carbocycles. The van der Waals surface area contributed by atoms with Crippen molar-refractivity contribution in [3.8, 4) is 5.75 Å². The van der Waals surface area contributed by atoms with Gasteiger partial charge in [0.25, 0.3) is 5.56 Å². The number of rotatable bonds is 6. The molecule has 1 N–H and O–H groups in total. The summed E-state index contributed by atoms with van der Waals surface area (Å²) in [5.41, 5.74) is 1.74. The molecule has 1 aliphatic rings. The average molecular weight is 442 g/mol. The van der Waals surface area contributed by atoms with Gasteiger partial charge in [0.05, 0.1) is 19.3 Å². The van der Waals surface area contributed by atoms with Gasteiger partial charge in [0.15, 0.2) is 0 Å². The molecule has 0 radical (unpaired) electrons. The van der Waals surface area contributed by atoms with E-state index in [1.165, 1.54) is 17.9 Å². The van der Waals surface area contributed by atoms with Crippen LogP contribution in [0.2, 0.25) is 0 Å². The summed E-state index contributed by atoms with van der Waals surface area (Å²) < 4.78 is 34.7. The Hall–Kier alpha value is -1.71. The summed E-state index contributed by atoms with van der Waals surface area (Å²) in [5, 5.41) is 4.39. The zero-order chi connectivity index (χ0) is 18.7. The largest absolute Gasteiger partial charge is 0.495 e. The van der Waals surface area contributed by atoms with E-state index in [0.717, 1.165) is 36.9 Å². The fourth-order valence-electron chi connectivity index (χ4n) is 2.99. The van der Waals surface area contributed by atoms with Crippen LogP contribution in [0, 0.1) is 0 Å². The third kappa shape index (κ3) is 4.16. The lowest BCUT2D eigenvalue weighted by Gasteiger charge is -2.16. The van der Waals surface area contributed by atoms with Gasteiger partial charge < -0.3 is 4.74 Å². The number of halogens is 1. The van der Waals surface area contributed by atoms with Gasteiger partial charge in [-0.2, -0.15) is 5.10 Å². The summed E-state index contributed by atoms with van der Waals surface area (Å²) in [6, 6.07) is 6.38. The molecular weight excluding hydrogens is 422 g/mol. The van der Waals surface area contributed by atoms with Crippen molar-refractivity contribution in [2.75, 3.05) is 13.7 Å². The van der Waals surface area contributed by atoms with Crippen molar-refractivity contribution in [2.24, 2.45) is 0 Å². The van der Waals surface area contributed by atoms with Crippen molar-refractivity contribution in [1.29, 1.82) is 0 Å². The third-order valence-corrected chi connectivity index (χ3v) is 6.28. The summed E-state index contributed by atoms with van der Waals surface area (Å²) in [6.07, 6.45) is 3.88. The first kappa shape index (κ1) is 19.1. The Balaban J connectivity index is 1.74. The molecule has 26 heavy (non-hydrogen) atoms. The highest BCUT2D eigenvalue weighted by atomic mass is 79.9. The zero-order valence-corrected chi connectivity index (χ0v) is 16.8. The second kappa shape index (κ2) is 7.89. The van der Waals surface area contributed by atoms with Crippen molar-refractivity contribution < 1.29 is 13.2 Å². The summed E-state index contributed by atoms with van der Waals surface area (Å²) in [6.45, 7) is 0.228. The molecule has 0 aliphatic heterocycles. The SMILES string of the molecule is COc1ccc(Br)cc1S(=O)(=O)NCCn1nc2c(cc1=O)CCCC2. The first-order valence-electron chi connectivity index (χ1n) is 8.34. The molecule has 0 saturated heterocycles. The van der Waals surface area contributed by atoms with Gasteiger partial charge in [-0.05, 0) is 49.4 Å². The van der Waals surface area contributed by atoms with E-state index >= 15 is 0 Å². The number of nitrogens with one attached hydrogen (secondary N) is 1. The minimum atomic E-state index is -3.77. The molecule has 0 unspecified atom stereocenters. The molecule has 0 spiro atoms. The highest BCUT2D eigenvalue weighted by Crippen LogP contribution is 2.27. The molecule has 0 fully saturated rings. The van der Waals surface area contributed by atoms with Gasteiger partial charge in [-0.1, -0.05) is 15.9 Å². The van der Waals surface area contributed by atoms with Crippen molar-refractivity contribution >= 4 is 26.0 Å². The van der Waals surface area contributed by atoms with E-state index in [0.29, 0.717) is 4.47 Å². The van der Waals surface area contributed by atoms with Crippen LogP contribution in [0.5, 0.6) is 5.75 Å². The van der Waals surface area contributed by atoms with Crippen molar-refractivity contribution in [3.63, 3.8) is 0 Å². The van der Waals surface area contributed by atoms with E-state index in [-0.39, 0.29) is 29.3 Å². The van der Waals surface area contributed by atoms with Crippen LogP contribution in [0.1, 0.15) is 24.1 Å². The number of benzene rings is 1. The molecule has 0 amide bonds. The van der Waals surface area contributed by atoms with Crippen molar-refractivity contribution in [1.82, 2.24) is 14.5 Å². The van der Waals surface area contributed by atoms with Crippen molar-refractivity contribution in [3.05, 3.63) is 50.3 Å². The molecule has 9 heteroatoms. The van der Waals surface area contributed by atoms with Gasteiger partial charge in [0.2, 0.25) is 10.0 Å². The predicted molar refractivity (Wildman–Crippen MR) is 101 cm³/mol. The standard InChI is InChI=1S/C17H20BrN3O4S/c1-25-15-7-6-13(18)11-16(15)26(23,24)19-8-9-21-17(22)10-12-4-2-3-5-14(12)20-21/h6-7,10-11,19H,2-5,8-9H2,1H3. The molecule has 0 bridgehead atoms. The Kier molecular flexibility index (Phi) is 5.79. The molecular formula is C17H20BrN3O4S. The lowest BCUT2D eigenvalue weighted by Crippen LogP contribution is -2.33. The summed E-state index contributed by atoms with van der Waals surface area (Å²) in [4.78, 5) is 12.2. The number of ether oxygens (including phenoxy) is 1. The Morgan fingerprint density at radius 2 is 2.04 bits per heavy atom. The smallest absolute Gasteiger partial charge is 0.267 e. The highest BCUT2D eigenvalue weighted by Gasteiger charge is 2.20. The minimum Gasteiger partial charge on any atom is -0.495 e. The second-order valence-corrected chi connectivity index (χ2v) is 8.73. The molecule has 1 aromatic carbocycles. The Bertz CT molecular complexity index is 972. The van der Waals surface area contributed by atoms with Gasteiger partial charge in [-0.15, -0.1) is 0 Å². The van der Waals surface area contributed by atoms with Gasteiger partial charge in [-0.3, -0.25) is 4.79 Å². The molecule has 140 valence electrons. The van der Waals surface area contributed by atoms with Crippen LogP contribution in [0.15, 0.2) is 38.4 Å². The van der Waals surface area contributed by atoms with Gasteiger partial charge in [-0.25, -0.2) is 17.8 Å². The monoisotopic (exact) mass is 441 g/mol. The average Bonchev–Trinajstić information content (AvgIpc) is 2.62. The molecule has 1 aromatic heterocycles. The normalized spacial score (nSPS) is 14.1. The highest BCUT2D eigenvalue weighted by molar-refractivity contribution is 9.10. The Labute approximate surface area is 160 Å². The lowest BCUT2D eigenvalue weighted by molar-refractivity contribution is 0.402. The van der Waals surface area contributed by atoms with Crippen LogP contribution >= 0.6 is 15.9 Å². The predicted octanol–water partition coefficient (Wildman–Crippen LogP) is 1.87. The van der Waals surface area contributed by atoms with Crippen LogP contribution in [0.25, 0.3) is 0 Å². The third-order valence-electron chi connectivity index (χ3n) is 4.30. The Morgan fingerprint density at radius 3 is 2.81 bits per heavy atom. The topological polar surface area (TPSA) is 90.3 Å². The number of nitrogens with zero attached hydrogens (tertiary/aromatic N) is 2. The van der Waals surface area contributed by atoms with E-state index in [9.17, 15) is 13.2 Å². The van der Waals surface area contributed by atoms with Crippen molar-refractivity contribution in [2.45, 2.75) is 37.1 Å². The maximum atomic E-state index is 12.6. The molecule has 3 rings (SSSR count). The second-order valence-electron chi connectivity index (χ2n) is 6.08. The fourth-order valence-corrected chi connectivity index (χ4v) is 4.71. The molecule has 2 aromatic rings. The summed E-state index contributed by atoms with van der Waals surface area (Å²) in [5.74, 6) is 0.254. The maximum absolute atomic E-state index is 12.6. The van der Waals surface area contributed by atoms with Gasteiger partial charge in [0, 0.05) is 17.1 Å². The lowest BCUT2D eigenvalue weighted by atomic mass is 9.97. The van der Waals surface area contributed by atoms with E-state index in [4.69, 9.17) is 4.74 Å². The number of sulfonamides is 1. The van der Waals surface area contributed by atoms with Crippen LogP contribution in [0.3, 0.4) is 0 Å². The van der Waals surface area contributed by atoms with Gasteiger partial charge >= 0.3 is 0 Å². The molecule has 1 heterocycles. The number of aryl methyl sites for hydroxylation is 2. The number of fused-ring (bicyclic) bond motifs is 1. The van der Waals surface area contributed by atoms with E-state index in [1.807, 2.05) is 0 Å². The first-order chi connectivity index (χ1) is 12.4. The molecule has 0 atom stereocenters. The van der Waals surface area contributed by atoms with Crippen LogP contribution in [0.4, 0.5) is 0 Å². The Morgan fingerprint density at radius 1 is 1.27 bits per heavy atom.